The van der Waals surface area contributed by atoms with Crippen LogP contribution < -0.4 is 0 Å². The largest absolute Gasteiger partial charge is 0.396 e. The smallest absolute Gasteiger partial charge is 0.123 e. The summed E-state index contributed by atoms with van der Waals surface area (Å²) >= 11 is 0. The molecule has 104 valence electrons. The standard InChI is InChI=1S/C16H22FNO/c17-14-7-6-13-4-1-5-16(15(13)9-14)18-8-2-3-12(10-18)11-19/h6-7,9,12,16,19H,1-5,8,10-11H2/t12-,16-/m0/s1. The Labute approximate surface area is 114 Å². The normalized spacial score (nSPS) is 28.1. The first-order valence-electron chi connectivity index (χ1n) is 7.41. The molecule has 3 rings (SSSR count). The molecule has 0 radical (unpaired) electrons. The fourth-order valence-corrected chi connectivity index (χ4v) is 3.65. The van der Waals surface area contributed by atoms with Crippen LogP contribution in [0.15, 0.2) is 18.2 Å². The van der Waals surface area contributed by atoms with Crippen molar-refractivity contribution in [2.24, 2.45) is 5.92 Å². The number of aliphatic hydroxyl groups excluding tert-OH is 1. The number of benzene rings is 1. The molecule has 0 saturated carbocycles. The first-order valence-corrected chi connectivity index (χ1v) is 7.41. The maximum Gasteiger partial charge on any atom is 0.123 e. The van der Waals surface area contributed by atoms with E-state index in [1.54, 1.807) is 12.1 Å². The minimum absolute atomic E-state index is 0.124. The number of piperidine rings is 1. The van der Waals surface area contributed by atoms with Crippen molar-refractivity contribution in [2.75, 3.05) is 19.7 Å². The van der Waals surface area contributed by atoms with Crippen LogP contribution in [0.1, 0.15) is 42.9 Å². The molecular formula is C16H22FNO. The van der Waals surface area contributed by atoms with Crippen LogP contribution in [-0.2, 0) is 6.42 Å². The fourth-order valence-electron chi connectivity index (χ4n) is 3.65. The Morgan fingerprint density at radius 1 is 1.26 bits per heavy atom. The van der Waals surface area contributed by atoms with E-state index in [2.05, 4.69) is 4.90 Å². The quantitative estimate of drug-likeness (QED) is 0.887. The van der Waals surface area contributed by atoms with Crippen molar-refractivity contribution in [3.05, 3.63) is 35.1 Å². The summed E-state index contributed by atoms with van der Waals surface area (Å²) in [7, 11) is 0. The third-order valence-electron chi connectivity index (χ3n) is 4.64. The maximum atomic E-state index is 13.5. The monoisotopic (exact) mass is 263 g/mol. The molecule has 2 aliphatic rings. The first-order chi connectivity index (χ1) is 9.28. The van der Waals surface area contributed by atoms with Crippen LogP contribution in [0.2, 0.25) is 0 Å². The van der Waals surface area contributed by atoms with Gasteiger partial charge in [-0.3, -0.25) is 4.90 Å². The van der Waals surface area contributed by atoms with E-state index in [4.69, 9.17) is 0 Å². The molecule has 1 heterocycles. The van der Waals surface area contributed by atoms with Crippen molar-refractivity contribution < 1.29 is 9.50 Å². The van der Waals surface area contributed by atoms with E-state index in [0.29, 0.717) is 12.0 Å². The SMILES string of the molecule is OC[C@H]1CCCN([C@H]2CCCc3ccc(F)cc32)C1. The summed E-state index contributed by atoms with van der Waals surface area (Å²) < 4.78 is 13.5. The lowest BCUT2D eigenvalue weighted by molar-refractivity contribution is 0.0804. The van der Waals surface area contributed by atoms with E-state index >= 15 is 0 Å². The van der Waals surface area contributed by atoms with Gasteiger partial charge in [0.05, 0.1) is 0 Å². The molecule has 2 atom stereocenters. The van der Waals surface area contributed by atoms with Gasteiger partial charge >= 0.3 is 0 Å². The molecule has 1 fully saturated rings. The van der Waals surface area contributed by atoms with Crippen molar-refractivity contribution in [2.45, 2.75) is 38.1 Å². The van der Waals surface area contributed by atoms with Crippen LogP contribution in [-0.4, -0.2) is 29.7 Å². The predicted octanol–water partition coefficient (Wildman–Crippen LogP) is 2.91. The number of rotatable bonds is 2. The van der Waals surface area contributed by atoms with Crippen molar-refractivity contribution in [1.82, 2.24) is 4.90 Å². The van der Waals surface area contributed by atoms with Gasteiger partial charge in [0.15, 0.2) is 0 Å². The summed E-state index contributed by atoms with van der Waals surface area (Å²) in [5, 5.41) is 9.36. The highest BCUT2D eigenvalue weighted by molar-refractivity contribution is 5.33. The molecule has 1 aliphatic carbocycles. The average Bonchev–Trinajstić information content (AvgIpc) is 2.46. The van der Waals surface area contributed by atoms with E-state index in [1.165, 1.54) is 17.5 Å². The molecule has 1 aromatic rings. The van der Waals surface area contributed by atoms with Gasteiger partial charge in [0.2, 0.25) is 0 Å². The van der Waals surface area contributed by atoms with Gasteiger partial charge in [0, 0.05) is 19.2 Å². The Morgan fingerprint density at radius 3 is 3.00 bits per heavy atom. The number of hydrogen-bond donors (Lipinski definition) is 1. The van der Waals surface area contributed by atoms with Gasteiger partial charge in [0.25, 0.3) is 0 Å². The summed E-state index contributed by atoms with van der Waals surface area (Å²) in [5.74, 6) is 0.272. The lowest BCUT2D eigenvalue weighted by Gasteiger charge is -2.40. The maximum absolute atomic E-state index is 13.5. The van der Waals surface area contributed by atoms with E-state index in [1.807, 2.05) is 6.07 Å². The molecule has 2 nitrogen and oxygen atoms in total. The van der Waals surface area contributed by atoms with E-state index < -0.39 is 0 Å². The van der Waals surface area contributed by atoms with E-state index in [0.717, 1.165) is 38.8 Å². The Hall–Kier alpha value is -0.930. The second kappa shape index (κ2) is 5.59. The molecule has 0 unspecified atom stereocenters. The van der Waals surface area contributed by atoms with E-state index in [9.17, 15) is 9.50 Å². The van der Waals surface area contributed by atoms with Gasteiger partial charge < -0.3 is 5.11 Å². The number of halogens is 1. The molecule has 1 saturated heterocycles. The van der Waals surface area contributed by atoms with Crippen molar-refractivity contribution in [3.8, 4) is 0 Å². The molecule has 3 heteroatoms. The molecular weight excluding hydrogens is 241 g/mol. The molecule has 1 aromatic carbocycles. The topological polar surface area (TPSA) is 23.5 Å². The predicted molar refractivity (Wildman–Crippen MR) is 73.5 cm³/mol. The van der Waals surface area contributed by atoms with Crippen LogP contribution in [0.5, 0.6) is 0 Å². The highest BCUT2D eigenvalue weighted by atomic mass is 19.1. The third-order valence-corrected chi connectivity index (χ3v) is 4.64. The van der Waals surface area contributed by atoms with Crippen molar-refractivity contribution in [1.29, 1.82) is 0 Å². The van der Waals surface area contributed by atoms with E-state index in [-0.39, 0.29) is 12.4 Å². The van der Waals surface area contributed by atoms with Crippen LogP contribution >= 0.6 is 0 Å². The zero-order valence-electron chi connectivity index (χ0n) is 11.3. The summed E-state index contributed by atoms with van der Waals surface area (Å²) in [6.45, 7) is 2.31. The summed E-state index contributed by atoms with van der Waals surface area (Å²) in [6, 6.07) is 5.61. The van der Waals surface area contributed by atoms with Crippen molar-refractivity contribution in [3.63, 3.8) is 0 Å². The number of hydrogen-bond acceptors (Lipinski definition) is 2. The molecule has 1 N–H and O–H groups in total. The number of aryl methyl sites for hydroxylation is 1. The van der Waals surface area contributed by atoms with Gasteiger partial charge in [-0.1, -0.05) is 6.07 Å². The fraction of sp³-hybridized carbons (Fsp3) is 0.625. The highest BCUT2D eigenvalue weighted by Crippen LogP contribution is 2.36. The van der Waals surface area contributed by atoms with Gasteiger partial charge in [0.1, 0.15) is 5.82 Å². The molecule has 0 bridgehead atoms. The van der Waals surface area contributed by atoms with Gasteiger partial charge in [-0.15, -0.1) is 0 Å². The van der Waals surface area contributed by atoms with Gasteiger partial charge in [-0.25, -0.2) is 4.39 Å². The second-order valence-electron chi connectivity index (χ2n) is 5.94. The number of likely N-dealkylation sites (tertiary alicyclic amines) is 1. The zero-order chi connectivity index (χ0) is 13.2. The number of nitrogens with zero attached hydrogens (tertiary/aromatic N) is 1. The lowest BCUT2D eigenvalue weighted by atomic mass is 9.85. The minimum atomic E-state index is -0.124. The Bertz CT molecular complexity index is 448. The second-order valence-corrected chi connectivity index (χ2v) is 5.94. The third kappa shape index (κ3) is 2.67. The molecule has 0 spiro atoms. The molecule has 0 aromatic heterocycles. The Balaban J connectivity index is 1.84. The zero-order valence-corrected chi connectivity index (χ0v) is 11.3. The van der Waals surface area contributed by atoms with Crippen LogP contribution in [0.25, 0.3) is 0 Å². The Kier molecular flexibility index (Phi) is 3.85. The lowest BCUT2D eigenvalue weighted by Crippen LogP contribution is -2.40. The highest BCUT2D eigenvalue weighted by Gasteiger charge is 2.29. The minimum Gasteiger partial charge on any atom is -0.396 e. The summed E-state index contributed by atoms with van der Waals surface area (Å²) in [5.41, 5.74) is 2.49. The van der Waals surface area contributed by atoms with Gasteiger partial charge in [-0.2, -0.15) is 0 Å². The average molecular weight is 263 g/mol. The van der Waals surface area contributed by atoms with Crippen molar-refractivity contribution >= 4 is 0 Å². The first kappa shape index (κ1) is 13.1. The molecule has 1 aliphatic heterocycles. The molecule has 0 amide bonds. The van der Waals surface area contributed by atoms with Gasteiger partial charge in [-0.05, 0) is 67.8 Å². The van der Waals surface area contributed by atoms with Crippen LogP contribution in [0, 0.1) is 11.7 Å². The number of fused-ring (bicyclic) bond motifs is 1. The summed E-state index contributed by atoms with van der Waals surface area (Å²) in [6.07, 6.45) is 5.64. The van der Waals surface area contributed by atoms with Crippen LogP contribution in [0.3, 0.4) is 0 Å². The van der Waals surface area contributed by atoms with Crippen LogP contribution in [0.4, 0.5) is 4.39 Å². The Morgan fingerprint density at radius 2 is 2.16 bits per heavy atom. The summed E-state index contributed by atoms with van der Waals surface area (Å²) in [4.78, 5) is 2.46. The number of aliphatic hydroxyl groups is 1. The molecule has 19 heavy (non-hydrogen) atoms.